The van der Waals surface area contributed by atoms with Crippen molar-refractivity contribution in [3.8, 4) is 0 Å². The molecular weight excluding hydrogens is 424 g/mol. The maximum atomic E-state index is 13.9. The molecule has 1 unspecified atom stereocenters. The first kappa shape index (κ1) is 20.6. The highest BCUT2D eigenvalue weighted by Crippen LogP contribution is 2.26. The molecule has 0 saturated heterocycles. The third kappa shape index (κ3) is 4.58. The number of carbonyl (C=O) groups is 2. The first-order valence-corrected chi connectivity index (χ1v) is 10.1. The van der Waals surface area contributed by atoms with E-state index in [0.29, 0.717) is 21.3 Å². The van der Waals surface area contributed by atoms with Crippen molar-refractivity contribution in [2.75, 3.05) is 10.3 Å². The lowest BCUT2D eigenvalue weighted by Crippen LogP contribution is -2.39. The van der Waals surface area contributed by atoms with Crippen molar-refractivity contribution in [2.45, 2.75) is 18.9 Å². The van der Waals surface area contributed by atoms with Gasteiger partial charge in [0, 0.05) is 30.0 Å². The number of para-hydroxylation sites is 1. The zero-order valence-electron chi connectivity index (χ0n) is 16.1. The minimum absolute atomic E-state index is 0.0646. The maximum absolute atomic E-state index is 13.9. The van der Waals surface area contributed by atoms with Gasteiger partial charge in [-0.15, -0.1) is 11.3 Å². The van der Waals surface area contributed by atoms with Crippen LogP contribution in [0.5, 0.6) is 0 Å². The topological polar surface area (TPSA) is 101 Å². The van der Waals surface area contributed by atoms with E-state index in [0.717, 1.165) is 6.07 Å². The van der Waals surface area contributed by atoms with Gasteiger partial charge in [-0.1, -0.05) is 24.3 Å². The van der Waals surface area contributed by atoms with Crippen LogP contribution in [-0.2, 0) is 16.0 Å². The molecule has 31 heavy (non-hydrogen) atoms. The molecule has 0 radical (unpaired) electrons. The van der Waals surface area contributed by atoms with Gasteiger partial charge in [0.2, 0.25) is 5.91 Å². The third-order valence-corrected chi connectivity index (χ3v) is 5.59. The zero-order valence-corrected chi connectivity index (χ0v) is 16.9. The van der Waals surface area contributed by atoms with E-state index in [2.05, 4.69) is 15.4 Å². The molecule has 3 aromatic rings. The maximum Gasteiger partial charge on any atom is 0.273 e. The number of hydrogen-bond donors (Lipinski definition) is 2. The monoisotopic (exact) mass is 441 g/mol. The number of aromatic nitrogens is 1. The average Bonchev–Trinajstić information content (AvgIpc) is 3.38. The summed E-state index contributed by atoms with van der Waals surface area (Å²) >= 11 is 1.17. The van der Waals surface area contributed by atoms with E-state index in [9.17, 15) is 18.4 Å². The summed E-state index contributed by atoms with van der Waals surface area (Å²) in [6.07, 6.45) is 1.79. The van der Waals surface area contributed by atoms with Crippen LogP contribution in [-0.4, -0.2) is 28.6 Å². The molecule has 7 nitrogen and oxygen atoms in total. The van der Waals surface area contributed by atoms with Gasteiger partial charge in [0.15, 0.2) is 5.13 Å². The molecule has 1 atom stereocenters. The van der Waals surface area contributed by atoms with Gasteiger partial charge >= 0.3 is 0 Å². The molecule has 3 N–H and O–H groups in total. The molecule has 4 rings (SSSR count). The summed E-state index contributed by atoms with van der Waals surface area (Å²) in [5.41, 5.74) is 6.61. The fourth-order valence-corrected chi connectivity index (χ4v) is 3.99. The van der Waals surface area contributed by atoms with Gasteiger partial charge in [0.1, 0.15) is 23.4 Å². The van der Waals surface area contributed by atoms with Crippen LogP contribution in [0.15, 0.2) is 59.8 Å². The van der Waals surface area contributed by atoms with Crippen molar-refractivity contribution in [2.24, 2.45) is 10.8 Å². The molecule has 0 saturated carbocycles. The first-order valence-electron chi connectivity index (χ1n) is 9.32. The lowest BCUT2D eigenvalue weighted by Gasteiger charge is -2.20. The summed E-state index contributed by atoms with van der Waals surface area (Å²) in [6.45, 7) is 0. The summed E-state index contributed by atoms with van der Waals surface area (Å²) < 4.78 is 26.9. The van der Waals surface area contributed by atoms with Crippen molar-refractivity contribution in [1.82, 2.24) is 4.98 Å². The number of amides is 2. The smallest absolute Gasteiger partial charge is 0.273 e. The highest BCUT2D eigenvalue weighted by Gasteiger charge is 2.35. The largest absolute Gasteiger partial charge is 0.368 e. The van der Waals surface area contributed by atoms with E-state index >= 15 is 0 Å². The van der Waals surface area contributed by atoms with Crippen LogP contribution in [0.2, 0.25) is 0 Å². The Balaban J connectivity index is 1.46. The number of nitrogens with one attached hydrogen (secondary N) is 1. The number of rotatable bonds is 6. The Kier molecular flexibility index (Phi) is 5.72. The molecule has 2 aromatic carbocycles. The Morgan fingerprint density at radius 2 is 1.97 bits per heavy atom. The van der Waals surface area contributed by atoms with E-state index in [4.69, 9.17) is 5.73 Å². The van der Waals surface area contributed by atoms with Crippen molar-refractivity contribution >= 4 is 39.7 Å². The Morgan fingerprint density at radius 1 is 1.19 bits per heavy atom. The Hall–Kier alpha value is -3.66. The number of hydrogen-bond acceptors (Lipinski definition) is 6. The predicted molar refractivity (Wildman–Crippen MR) is 114 cm³/mol. The molecule has 10 heteroatoms. The molecule has 0 aliphatic carbocycles. The van der Waals surface area contributed by atoms with E-state index in [-0.39, 0.29) is 18.6 Å². The number of anilines is 2. The second-order valence-corrected chi connectivity index (χ2v) is 7.96. The van der Waals surface area contributed by atoms with E-state index < -0.39 is 29.5 Å². The molecule has 0 bridgehead atoms. The van der Waals surface area contributed by atoms with Crippen LogP contribution in [0, 0.1) is 11.6 Å². The second-order valence-electron chi connectivity index (χ2n) is 6.85. The fraction of sp³-hybridized carbons (Fsp3) is 0.143. The summed E-state index contributed by atoms with van der Waals surface area (Å²) in [5, 5.41) is 8.67. The molecular formula is C21H17F2N5O2S. The van der Waals surface area contributed by atoms with E-state index in [1.54, 1.807) is 24.3 Å². The molecule has 0 fully saturated rings. The van der Waals surface area contributed by atoms with E-state index in [1.807, 2.05) is 6.07 Å². The highest BCUT2D eigenvalue weighted by molar-refractivity contribution is 7.15. The Bertz CT molecular complexity index is 1170. The number of benzene rings is 2. The van der Waals surface area contributed by atoms with Gasteiger partial charge in [-0.2, -0.15) is 5.10 Å². The number of nitrogens with zero attached hydrogens (tertiary/aromatic N) is 3. The molecule has 158 valence electrons. The van der Waals surface area contributed by atoms with E-state index in [1.165, 1.54) is 34.7 Å². The number of halogens is 2. The van der Waals surface area contributed by atoms with Crippen LogP contribution < -0.4 is 16.1 Å². The number of thiazole rings is 1. The standard InChI is InChI=1S/C21H17F2N5O2S/c22-13-7-6-12(16(23)9-13)8-15-11-25-21(31-15)26-20(30)17-10-18(19(24)29)28(27-17)14-4-2-1-3-5-14/h1-7,9,11,18H,8,10H2,(H2,24,29)(H,25,26,30). The normalized spacial score (nSPS) is 15.6. The van der Waals surface area contributed by atoms with Crippen LogP contribution in [0.1, 0.15) is 16.9 Å². The van der Waals surface area contributed by atoms with Gasteiger partial charge in [0.05, 0.1) is 5.69 Å². The van der Waals surface area contributed by atoms with Crippen molar-refractivity contribution in [3.05, 3.63) is 76.8 Å². The van der Waals surface area contributed by atoms with Crippen molar-refractivity contribution in [3.63, 3.8) is 0 Å². The van der Waals surface area contributed by atoms with Crippen LogP contribution in [0.3, 0.4) is 0 Å². The van der Waals surface area contributed by atoms with Gasteiger partial charge in [-0.25, -0.2) is 13.8 Å². The molecule has 0 spiro atoms. The summed E-state index contributed by atoms with van der Waals surface area (Å²) in [4.78, 5) is 29.3. The number of nitrogens with two attached hydrogens (primary N) is 1. The molecule has 1 aromatic heterocycles. The Morgan fingerprint density at radius 3 is 2.68 bits per heavy atom. The number of carbonyl (C=O) groups excluding carboxylic acids is 2. The average molecular weight is 441 g/mol. The predicted octanol–water partition coefficient (Wildman–Crippen LogP) is 3.07. The van der Waals surface area contributed by atoms with Gasteiger partial charge < -0.3 is 5.73 Å². The summed E-state index contributed by atoms with van der Waals surface area (Å²) in [7, 11) is 0. The number of hydrazone groups is 1. The molecule has 1 aliphatic heterocycles. The SMILES string of the molecule is NC(=O)C1CC(C(=O)Nc2ncc(Cc3ccc(F)cc3F)s2)=NN1c1ccccc1. The molecule has 2 heterocycles. The lowest BCUT2D eigenvalue weighted by atomic mass is 10.1. The first-order chi connectivity index (χ1) is 14.9. The van der Waals surface area contributed by atoms with Crippen LogP contribution >= 0.6 is 11.3 Å². The van der Waals surface area contributed by atoms with Gasteiger partial charge in [-0.05, 0) is 23.8 Å². The lowest BCUT2D eigenvalue weighted by molar-refractivity contribution is -0.119. The zero-order chi connectivity index (χ0) is 22.0. The van der Waals surface area contributed by atoms with Crippen molar-refractivity contribution < 1.29 is 18.4 Å². The minimum Gasteiger partial charge on any atom is -0.368 e. The third-order valence-electron chi connectivity index (χ3n) is 4.68. The number of primary amides is 1. The van der Waals surface area contributed by atoms with Crippen molar-refractivity contribution in [1.29, 1.82) is 0 Å². The fourth-order valence-electron chi connectivity index (χ4n) is 3.16. The molecule has 2 amide bonds. The van der Waals surface area contributed by atoms with Gasteiger partial charge in [0.25, 0.3) is 5.91 Å². The van der Waals surface area contributed by atoms with Crippen LogP contribution in [0.25, 0.3) is 0 Å². The van der Waals surface area contributed by atoms with Gasteiger partial charge in [-0.3, -0.25) is 19.9 Å². The van der Waals surface area contributed by atoms with Crippen LogP contribution in [0.4, 0.5) is 19.6 Å². The quantitative estimate of drug-likeness (QED) is 0.614. The minimum atomic E-state index is -0.767. The Labute approximate surface area is 180 Å². The molecule has 1 aliphatic rings. The summed E-state index contributed by atoms with van der Waals surface area (Å²) in [5.74, 6) is -2.38. The highest BCUT2D eigenvalue weighted by atomic mass is 32.1. The second kappa shape index (κ2) is 8.60. The summed E-state index contributed by atoms with van der Waals surface area (Å²) in [6, 6.07) is 11.6.